The number of para-hydroxylation sites is 1. The minimum absolute atomic E-state index is 0.273. The number of halogens is 1. The van der Waals surface area contributed by atoms with Crippen LogP contribution in [0.2, 0.25) is 5.02 Å². The van der Waals surface area contributed by atoms with Crippen LogP contribution in [0.3, 0.4) is 0 Å². The van der Waals surface area contributed by atoms with Crippen molar-refractivity contribution in [1.82, 2.24) is 0 Å². The van der Waals surface area contributed by atoms with Gasteiger partial charge in [0.1, 0.15) is 5.76 Å². The van der Waals surface area contributed by atoms with Crippen LogP contribution in [0.25, 0.3) is 11.0 Å². The maximum absolute atomic E-state index is 6.29. The normalized spacial score (nSPS) is 12.8. The summed E-state index contributed by atoms with van der Waals surface area (Å²) in [6.07, 6.45) is 0. The summed E-state index contributed by atoms with van der Waals surface area (Å²) < 4.78 is 5.81. The van der Waals surface area contributed by atoms with Gasteiger partial charge >= 0.3 is 0 Å². The van der Waals surface area contributed by atoms with E-state index in [1.54, 1.807) is 0 Å². The third kappa shape index (κ3) is 2.14. The Balaban J connectivity index is 2.10. The molecule has 2 aromatic carbocycles. The Bertz CT molecular complexity index is 732. The van der Waals surface area contributed by atoms with Crippen LogP contribution in [0.15, 0.2) is 52.9 Å². The second kappa shape index (κ2) is 4.72. The Morgan fingerprint density at radius 3 is 2.63 bits per heavy atom. The fourth-order valence-electron chi connectivity index (χ4n) is 2.29. The lowest BCUT2D eigenvalue weighted by molar-refractivity contribution is 0.524. The molecule has 19 heavy (non-hydrogen) atoms. The van der Waals surface area contributed by atoms with E-state index in [-0.39, 0.29) is 6.04 Å². The maximum atomic E-state index is 6.29. The summed E-state index contributed by atoms with van der Waals surface area (Å²) >= 11 is 6.12. The van der Waals surface area contributed by atoms with E-state index in [1.807, 2.05) is 55.5 Å². The highest BCUT2D eigenvalue weighted by atomic mass is 35.5. The van der Waals surface area contributed by atoms with Crippen LogP contribution >= 0.6 is 11.6 Å². The van der Waals surface area contributed by atoms with Crippen molar-refractivity contribution < 1.29 is 4.42 Å². The second-order valence-electron chi connectivity index (χ2n) is 4.64. The molecule has 2 nitrogen and oxygen atoms in total. The Morgan fingerprint density at radius 1 is 1.11 bits per heavy atom. The number of furan rings is 1. The fourth-order valence-corrected chi connectivity index (χ4v) is 2.51. The van der Waals surface area contributed by atoms with E-state index in [0.717, 1.165) is 22.3 Å². The fraction of sp³-hybridized carbons (Fsp3) is 0.125. The molecular formula is C16H14ClNO. The van der Waals surface area contributed by atoms with E-state index < -0.39 is 0 Å². The van der Waals surface area contributed by atoms with Crippen LogP contribution in [0.1, 0.15) is 22.9 Å². The molecule has 1 aromatic heterocycles. The number of nitrogens with two attached hydrogens (primary N) is 1. The molecule has 3 rings (SSSR count). The first-order chi connectivity index (χ1) is 9.16. The highest BCUT2D eigenvalue weighted by molar-refractivity contribution is 6.34. The van der Waals surface area contributed by atoms with Gasteiger partial charge in [-0.3, -0.25) is 0 Å². The molecule has 96 valence electrons. The Kier molecular flexibility index (Phi) is 3.05. The molecule has 0 saturated carbocycles. The molecule has 0 radical (unpaired) electrons. The molecule has 3 aromatic rings. The first-order valence-corrected chi connectivity index (χ1v) is 6.53. The van der Waals surface area contributed by atoms with Crippen LogP contribution in [0.5, 0.6) is 0 Å². The first kappa shape index (κ1) is 12.3. The lowest BCUT2D eigenvalue weighted by Crippen LogP contribution is -2.12. The van der Waals surface area contributed by atoms with E-state index in [4.69, 9.17) is 21.8 Å². The number of benzene rings is 2. The summed E-state index contributed by atoms with van der Waals surface area (Å²) in [4.78, 5) is 0. The minimum atomic E-state index is -0.273. The Hall–Kier alpha value is -1.77. The van der Waals surface area contributed by atoms with Crippen LogP contribution in [0, 0.1) is 6.92 Å². The van der Waals surface area contributed by atoms with Gasteiger partial charge in [-0.15, -0.1) is 0 Å². The van der Waals surface area contributed by atoms with E-state index in [2.05, 4.69) is 0 Å². The summed E-state index contributed by atoms with van der Waals surface area (Å²) in [6.45, 7) is 2.05. The molecule has 0 aliphatic heterocycles. The van der Waals surface area contributed by atoms with Gasteiger partial charge in [0, 0.05) is 5.39 Å². The lowest BCUT2D eigenvalue weighted by Gasteiger charge is -2.11. The summed E-state index contributed by atoms with van der Waals surface area (Å²) in [5.74, 6) is 0.734. The van der Waals surface area contributed by atoms with Gasteiger partial charge < -0.3 is 10.2 Å². The average Bonchev–Trinajstić information content (AvgIpc) is 2.84. The van der Waals surface area contributed by atoms with Crippen molar-refractivity contribution in [3.63, 3.8) is 0 Å². The molecule has 2 N–H and O–H groups in total. The quantitative estimate of drug-likeness (QED) is 0.748. The van der Waals surface area contributed by atoms with Crippen LogP contribution in [-0.2, 0) is 0 Å². The molecule has 0 spiro atoms. The molecule has 0 fully saturated rings. The van der Waals surface area contributed by atoms with Crippen LogP contribution < -0.4 is 5.73 Å². The predicted octanol–water partition coefficient (Wildman–Crippen LogP) is 4.44. The van der Waals surface area contributed by atoms with Crippen molar-refractivity contribution in [3.05, 3.63) is 70.4 Å². The molecule has 0 aliphatic carbocycles. The van der Waals surface area contributed by atoms with Crippen LogP contribution in [0.4, 0.5) is 0 Å². The first-order valence-electron chi connectivity index (χ1n) is 6.16. The zero-order valence-electron chi connectivity index (χ0n) is 10.6. The minimum Gasteiger partial charge on any atom is -0.457 e. The highest BCUT2D eigenvalue weighted by Gasteiger charge is 2.16. The van der Waals surface area contributed by atoms with Crippen molar-refractivity contribution in [3.8, 4) is 0 Å². The summed E-state index contributed by atoms with van der Waals surface area (Å²) in [5.41, 5.74) is 9.21. The lowest BCUT2D eigenvalue weighted by atomic mass is 10.0. The number of fused-ring (bicyclic) bond motifs is 1. The van der Waals surface area contributed by atoms with Crippen molar-refractivity contribution >= 4 is 22.6 Å². The molecule has 0 aliphatic rings. The zero-order chi connectivity index (χ0) is 13.4. The van der Waals surface area contributed by atoms with Crippen molar-refractivity contribution in [2.75, 3.05) is 0 Å². The second-order valence-corrected chi connectivity index (χ2v) is 5.05. The zero-order valence-corrected chi connectivity index (χ0v) is 11.3. The van der Waals surface area contributed by atoms with E-state index in [1.165, 1.54) is 0 Å². The third-order valence-corrected chi connectivity index (χ3v) is 3.64. The highest BCUT2D eigenvalue weighted by Crippen LogP contribution is 2.31. The Morgan fingerprint density at radius 2 is 1.89 bits per heavy atom. The van der Waals surface area contributed by atoms with E-state index >= 15 is 0 Å². The van der Waals surface area contributed by atoms with E-state index in [9.17, 15) is 0 Å². The smallest absolute Gasteiger partial charge is 0.152 e. The van der Waals surface area contributed by atoms with Gasteiger partial charge in [-0.2, -0.15) is 0 Å². The number of hydrogen-bond acceptors (Lipinski definition) is 2. The SMILES string of the molecule is Cc1ccccc1C(N)c1cc2cccc(Cl)c2o1. The molecule has 0 amide bonds. The summed E-state index contributed by atoms with van der Waals surface area (Å²) in [6, 6.07) is 15.4. The topological polar surface area (TPSA) is 39.2 Å². The van der Waals surface area contributed by atoms with Gasteiger partial charge in [-0.05, 0) is 30.2 Å². The molecule has 1 unspecified atom stereocenters. The van der Waals surface area contributed by atoms with Crippen molar-refractivity contribution in [2.45, 2.75) is 13.0 Å². The van der Waals surface area contributed by atoms with Gasteiger partial charge in [0.2, 0.25) is 0 Å². The molecule has 3 heteroatoms. The van der Waals surface area contributed by atoms with Gasteiger partial charge in [0.15, 0.2) is 5.58 Å². The maximum Gasteiger partial charge on any atom is 0.152 e. The molecular weight excluding hydrogens is 258 g/mol. The van der Waals surface area contributed by atoms with Gasteiger partial charge in [0.05, 0.1) is 11.1 Å². The standard InChI is InChI=1S/C16H14ClNO/c1-10-5-2-3-7-12(10)15(18)14-9-11-6-4-8-13(17)16(11)19-14/h2-9,15H,18H2,1H3. The van der Waals surface area contributed by atoms with Gasteiger partial charge in [-0.25, -0.2) is 0 Å². The Labute approximate surface area is 116 Å². The largest absolute Gasteiger partial charge is 0.457 e. The molecule has 0 saturated heterocycles. The third-order valence-electron chi connectivity index (χ3n) is 3.35. The molecule has 0 bridgehead atoms. The number of rotatable bonds is 2. The van der Waals surface area contributed by atoms with Gasteiger partial charge in [-0.1, -0.05) is 48.0 Å². The average molecular weight is 272 g/mol. The summed E-state index contributed by atoms with van der Waals surface area (Å²) in [7, 11) is 0. The van der Waals surface area contributed by atoms with Crippen LogP contribution in [-0.4, -0.2) is 0 Å². The van der Waals surface area contributed by atoms with Gasteiger partial charge in [0.25, 0.3) is 0 Å². The van der Waals surface area contributed by atoms with Crippen molar-refractivity contribution in [1.29, 1.82) is 0 Å². The predicted molar refractivity (Wildman–Crippen MR) is 78.4 cm³/mol. The summed E-state index contributed by atoms with van der Waals surface area (Å²) in [5, 5.41) is 1.59. The molecule has 1 heterocycles. The van der Waals surface area contributed by atoms with E-state index in [0.29, 0.717) is 10.6 Å². The number of aryl methyl sites for hydroxylation is 1. The molecule has 1 atom stereocenters. The monoisotopic (exact) mass is 271 g/mol. The number of hydrogen-bond donors (Lipinski definition) is 1. The van der Waals surface area contributed by atoms with Crippen molar-refractivity contribution in [2.24, 2.45) is 5.73 Å².